The van der Waals surface area contributed by atoms with E-state index in [0.29, 0.717) is 6.54 Å². The van der Waals surface area contributed by atoms with Crippen LogP contribution in [-0.2, 0) is 9.13 Å². The van der Waals surface area contributed by atoms with Gasteiger partial charge >= 0.3 is 21.0 Å². The molecule has 0 spiro atoms. The van der Waals surface area contributed by atoms with Crippen LogP contribution in [0.15, 0.2) is 24.4 Å². The van der Waals surface area contributed by atoms with Gasteiger partial charge in [-0.25, -0.2) is 0 Å². The van der Waals surface area contributed by atoms with Crippen molar-refractivity contribution in [1.29, 1.82) is 0 Å². The molecule has 1 heterocycles. The molecular weight excluding hydrogens is 240 g/mol. The maximum absolute atomic E-state index is 10.9. The zero-order chi connectivity index (χ0) is 11.5. The summed E-state index contributed by atoms with van der Waals surface area (Å²) >= 11 is 0. The summed E-state index contributed by atoms with van der Waals surface area (Å²) in [7, 11) is -7.42. The molecule has 8 heteroatoms. The zero-order valence-corrected chi connectivity index (χ0v) is 9.59. The van der Waals surface area contributed by atoms with E-state index in [1.807, 2.05) is 0 Å². The molecule has 0 aromatic heterocycles. The minimum Gasteiger partial charge on any atom is -0.368 e. The van der Waals surface area contributed by atoms with Crippen molar-refractivity contribution in [2.75, 3.05) is 13.1 Å². The van der Waals surface area contributed by atoms with Gasteiger partial charge < -0.3 is 14.7 Å². The third kappa shape index (κ3) is 3.86. The highest BCUT2D eigenvalue weighted by Gasteiger charge is 2.46. The van der Waals surface area contributed by atoms with Gasteiger partial charge in [0.05, 0.1) is 6.54 Å². The third-order valence-electron chi connectivity index (χ3n) is 1.93. The maximum Gasteiger partial charge on any atom is 0.523 e. The summed E-state index contributed by atoms with van der Waals surface area (Å²) in [5.74, 6) is 0. The second kappa shape index (κ2) is 5.01. The average molecular weight is 252 g/mol. The molecule has 0 bridgehead atoms. The second-order valence-electron chi connectivity index (χ2n) is 3.10. The summed E-state index contributed by atoms with van der Waals surface area (Å²) < 4.78 is 21.7. The van der Waals surface area contributed by atoms with Crippen molar-refractivity contribution in [3.63, 3.8) is 0 Å². The topological polar surface area (TPSA) is 98.1 Å². The quantitative estimate of drug-likeness (QED) is 0.634. The van der Waals surface area contributed by atoms with E-state index in [2.05, 4.69) is 0 Å². The molecule has 3 N–H and O–H groups in total. The van der Waals surface area contributed by atoms with Crippen LogP contribution in [0.2, 0.25) is 0 Å². The Kier molecular flexibility index (Phi) is 4.20. The lowest BCUT2D eigenvalue weighted by molar-refractivity contribution is 0.343. The fourth-order valence-electron chi connectivity index (χ4n) is 1.16. The standard InChI is InChI=1S/C7H11NO5P2/c9-14(10)7(15(11,12)13)6-8-4-2-1-3-5-8/h1-4,7H,5-6H2,(H2-,9,10,11,12,13)/p+1. The van der Waals surface area contributed by atoms with Crippen molar-refractivity contribution in [2.45, 2.75) is 5.40 Å². The molecule has 1 rings (SSSR count). The first-order valence-corrected chi connectivity index (χ1v) is 7.15. The minimum absolute atomic E-state index is 0.128. The number of hydrogen-bond donors (Lipinski definition) is 3. The molecule has 0 saturated heterocycles. The van der Waals surface area contributed by atoms with Crippen LogP contribution in [0.4, 0.5) is 0 Å². The molecule has 1 aliphatic heterocycles. The molecule has 0 aromatic carbocycles. The van der Waals surface area contributed by atoms with Gasteiger partial charge in [0.2, 0.25) is 0 Å². The lowest BCUT2D eigenvalue weighted by atomic mass is 10.3. The predicted octanol–water partition coefficient (Wildman–Crippen LogP) is 0.610. The molecule has 1 aliphatic rings. The molecule has 2 atom stereocenters. The zero-order valence-electron chi connectivity index (χ0n) is 7.80. The van der Waals surface area contributed by atoms with E-state index >= 15 is 0 Å². The van der Waals surface area contributed by atoms with Crippen LogP contribution in [0.1, 0.15) is 0 Å². The highest BCUT2D eigenvalue weighted by molar-refractivity contribution is 7.65. The highest BCUT2D eigenvalue weighted by Crippen LogP contribution is 2.51. The fraction of sp³-hybridized carbons (Fsp3) is 0.429. The Morgan fingerprint density at radius 1 is 1.47 bits per heavy atom. The van der Waals surface area contributed by atoms with Crippen molar-refractivity contribution >= 4 is 15.6 Å². The Labute approximate surface area is 87.9 Å². The predicted molar refractivity (Wildman–Crippen MR) is 55.5 cm³/mol. The number of rotatable bonds is 4. The van der Waals surface area contributed by atoms with Crippen molar-refractivity contribution in [1.82, 2.24) is 4.90 Å². The molecule has 2 unspecified atom stereocenters. The second-order valence-corrected chi connectivity index (χ2v) is 6.53. The lowest BCUT2D eigenvalue weighted by Crippen LogP contribution is -2.27. The van der Waals surface area contributed by atoms with Gasteiger partial charge in [-0.05, 0) is 16.8 Å². The summed E-state index contributed by atoms with van der Waals surface area (Å²) in [6.07, 6.45) is 6.91. The Morgan fingerprint density at radius 3 is 2.53 bits per heavy atom. The Bertz CT molecular complexity index is 347. The molecule has 0 radical (unpaired) electrons. The summed E-state index contributed by atoms with van der Waals surface area (Å²) in [6, 6.07) is 0. The molecule has 0 saturated carbocycles. The van der Waals surface area contributed by atoms with Gasteiger partial charge in [-0.15, -0.1) is 0 Å². The van der Waals surface area contributed by atoms with Gasteiger partial charge in [0, 0.05) is 6.54 Å². The molecular formula is C7H12NO5P2+. The van der Waals surface area contributed by atoms with Gasteiger partial charge in [0.15, 0.2) is 0 Å². The first kappa shape index (κ1) is 12.6. The molecule has 0 amide bonds. The number of allylic oxidation sites excluding steroid dienone is 2. The Balaban J connectivity index is 2.68. The van der Waals surface area contributed by atoms with Crippen LogP contribution < -0.4 is 0 Å². The largest absolute Gasteiger partial charge is 0.523 e. The molecule has 0 fully saturated rings. The average Bonchev–Trinajstić information content (AvgIpc) is 2.13. The summed E-state index contributed by atoms with van der Waals surface area (Å²) in [4.78, 5) is 28.2. The molecule has 0 aliphatic carbocycles. The van der Waals surface area contributed by atoms with Crippen LogP contribution in [0, 0.1) is 0 Å². The third-order valence-corrected chi connectivity index (χ3v) is 5.03. The van der Waals surface area contributed by atoms with Crippen molar-refractivity contribution in [2.24, 2.45) is 0 Å². The first-order chi connectivity index (χ1) is 6.91. The highest BCUT2D eigenvalue weighted by atomic mass is 31.2. The smallest absolute Gasteiger partial charge is 0.368 e. The van der Waals surface area contributed by atoms with E-state index in [1.165, 1.54) is 0 Å². The van der Waals surface area contributed by atoms with Crippen molar-refractivity contribution in [3.05, 3.63) is 24.4 Å². The minimum atomic E-state index is -4.53. The van der Waals surface area contributed by atoms with Crippen molar-refractivity contribution < 1.29 is 23.8 Å². The van der Waals surface area contributed by atoms with Gasteiger partial charge in [0.1, 0.15) is 0 Å². The molecule has 15 heavy (non-hydrogen) atoms. The molecule has 0 aromatic rings. The maximum atomic E-state index is 10.9. The Hall–Kier alpha value is -0.510. The van der Waals surface area contributed by atoms with Gasteiger partial charge in [-0.2, -0.15) is 4.89 Å². The Morgan fingerprint density at radius 2 is 2.13 bits per heavy atom. The van der Waals surface area contributed by atoms with E-state index in [1.54, 1.807) is 29.3 Å². The van der Waals surface area contributed by atoms with Gasteiger partial charge in [0.25, 0.3) is 0 Å². The lowest BCUT2D eigenvalue weighted by Gasteiger charge is -2.21. The fourth-order valence-corrected chi connectivity index (χ4v) is 2.96. The first-order valence-electron chi connectivity index (χ1n) is 4.19. The van der Waals surface area contributed by atoms with E-state index in [0.717, 1.165) is 0 Å². The normalized spacial score (nSPS) is 19.1. The molecule has 6 nitrogen and oxygen atoms in total. The van der Waals surface area contributed by atoms with Crippen LogP contribution in [0.5, 0.6) is 0 Å². The monoisotopic (exact) mass is 252 g/mol. The van der Waals surface area contributed by atoms with E-state index < -0.39 is 21.0 Å². The van der Waals surface area contributed by atoms with Crippen molar-refractivity contribution in [3.8, 4) is 0 Å². The van der Waals surface area contributed by atoms with Gasteiger partial charge in [-0.3, -0.25) is 4.57 Å². The van der Waals surface area contributed by atoms with Crippen LogP contribution in [0.3, 0.4) is 0 Å². The van der Waals surface area contributed by atoms with Gasteiger partial charge in [-0.1, -0.05) is 12.2 Å². The number of nitrogens with zero attached hydrogens (tertiary/aromatic N) is 1. The summed E-state index contributed by atoms with van der Waals surface area (Å²) in [5, 5.41) is -1.52. The van der Waals surface area contributed by atoms with E-state index in [-0.39, 0.29) is 6.54 Å². The van der Waals surface area contributed by atoms with E-state index in [4.69, 9.17) is 14.7 Å². The van der Waals surface area contributed by atoms with Crippen LogP contribution in [-0.4, -0.2) is 38.1 Å². The van der Waals surface area contributed by atoms with Crippen LogP contribution in [0.25, 0.3) is 0 Å². The number of hydrogen-bond acceptors (Lipinski definition) is 3. The van der Waals surface area contributed by atoms with Crippen LogP contribution >= 0.6 is 15.6 Å². The summed E-state index contributed by atoms with van der Waals surface area (Å²) in [5.41, 5.74) is 0. The molecule has 84 valence electrons. The SMILES string of the molecule is O=[P+](O)C(CN1C=CC=CC1)P(=O)(O)O. The van der Waals surface area contributed by atoms with E-state index in [9.17, 15) is 9.13 Å². The summed E-state index contributed by atoms with van der Waals surface area (Å²) in [6.45, 7) is 0.354.